The van der Waals surface area contributed by atoms with E-state index in [1.807, 2.05) is 30.3 Å². The van der Waals surface area contributed by atoms with Crippen LogP contribution in [0, 0.1) is 0 Å². The van der Waals surface area contributed by atoms with Crippen LogP contribution in [0.2, 0.25) is 0 Å². The molecule has 4 rings (SSSR count). The summed E-state index contributed by atoms with van der Waals surface area (Å²) in [5, 5.41) is 9.97. The highest BCUT2D eigenvalue weighted by Gasteiger charge is 2.19. The van der Waals surface area contributed by atoms with Crippen LogP contribution in [0.25, 0.3) is 6.08 Å². The zero-order valence-corrected chi connectivity index (χ0v) is 27.1. The maximum atomic E-state index is 13.4. The second-order valence-electron chi connectivity index (χ2n) is 9.29. The molecule has 3 aromatic carbocycles. The van der Waals surface area contributed by atoms with Gasteiger partial charge in [0.05, 0.1) is 24.0 Å². The van der Waals surface area contributed by atoms with Gasteiger partial charge in [-0.1, -0.05) is 52.3 Å². The third kappa shape index (κ3) is 9.90. The highest BCUT2D eigenvalue weighted by molar-refractivity contribution is 9.10. The van der Waals surface area contributed by atoms with Crippen molar-refractivity contribution in [3.63, 3.8) is 0 Å². The van der Waals surface area contributed by atoms with Crippen molar-refractivity contribution in [3.05, 3.63) is 111 Å². The summed E-state index contributed by atoms with van der Waals surface area (Å²) in [6.07, 6.45) is 1.64. The van der Waals surface area contributed by atoms with Crippen LogP contribution in [0.15, 0.2) is 99.3 Å². The molecule has 0 radical (unpaired) electrons. The number of hydrogen-bond acceptors (Lipinski definition) is 8. The molecule has 0 aliphatic carbocycles. The Kier molecular flexibility index (Phi) is 11.9. The third-order valence-corrected chi connectivity index (χ3v) is 8.27. The number of rotatable bonds is 12. The van der Waals surface area contributed by atoms with Gasteiger partial charge in [-0.15, -0.1) is 23.1 Å². The van der Waals surface area contributed by atoms with Crippen molar-refractivity contribution in [3.8, 4) is 0 Å². The van der Waals surface area contributed by atoms with E-state index < -0.39 is 17.1 Å². The number of amides is 3. The van der Waals surface area contributed by atoms with Gasteiger partial charge in [0.15, 0.2) is 5.13 Å². The maximum absolute atomic E-state index is 13.4. The molecule has 1 aromatic heterocycles. The number of anilines is 2. The Hall–Kier alpha value is -4.26. The van der Waals surface area contributed by atoms with E-state index in [0.717, 1.165) is 14.9 Å². The number of thiazole rings is 1. The number of hydrogen-bond donors (Lipinski definition) is 3. The fraction of sp³-hybridized carbons (Fsp3) is 0.156. The van der Waals surface area contributed by atoms with Crippen LogP contribution in [-0.2, 0) is 25.5 Å². The molecule has 0 aliphatic rings. The van der Waals surface area contributed by atoms with Gasteiger partial charge in [0, 0.05) is 26.0 Å². The normalized spacial score (nSPS) is 11.8. The lowest BCUT2D eigenvalue weighted by molar-refractivity contribution is -0.142. The monoisotopic (exact) mass is 692 g/mol. The van der Waals surface area contributed by atoms with E-state index in [1.54, 1.807) is 73.8 Å². The molecular weight excluding hydrogens is 664 g/mol. The first-order valence-corrected chi connectivity index (χ1v) is 16.1. The van der Waals surface area contributed by atoms with Crippen LogP contribution in [0.4, 0.5) is 10.8 Å². The summed E-state index contributed by atoms with van der Waals surface area (Å²) < 4.78 is 5.77. The van der Waals surface area contributed by atoms with E-state index in [9.17, 15) is 19.2 Å². The van der Waals surface area contributed by atoms with Gasteiger partial charge < -0.3 is 20.7 Å². The van der Waals surface area contributed by atoms with E-state index in [1.165, 1.54) is 23.1 Å². The molecule has 44 heavy (non-hydrogen) atoms. The number of ether oxygens (including phenoxy) is 1. The van der Waals surface area contributed by atoms with Crippen molar-refractivity contribution in [2.75, 3.05) is 17.2 Å². The molecule has 0 saturated heterocycles. The number of nitrogens with zero attached hydrogens (tertiary/aromatic N) is 1. The van der Waals surface area contributed by atoms with Gasteiger partial charge in [0.1, 0.15) is 5.70 Å². The fourth-order valence-electron chi connectivity index (χ4n) is 3.82. The van der Waals surface area contributed by atoms with Crippen molar-refractivity contribution in [1.29, 1.82) is 0 Å². The standard InChI is InChI=1S/C32H29BrN4O5S2/c1-3-42-28(38)18-25-19-43-32(35-25)37-29(39)20(2)44-26-14-8-13-24(17-26)34-31(41)27(16-21-9-7-12-23(33)15-21)36-30(40)22-10-5-4-6-11-22/h4-17,19-20H,3,18H2,1-2H3,(H,34,41)(H,36,40)(H,35,37,39)/b27-16+. The van der Waals surface area contributed by atoms with Crippen LogP contribution in [0.5, 0.6) is 0 Å². The zero-order chi connectivity index (χ0) is 31.5. The largest absolute Gasteiger partial charge is 0.466 e. The Bertz CT molecular complexity index is 1680. The molecule has 1 heterocycles. The van der Waals surface area contributed by atoms with Crippen molar-refractivity contribution in [2.45, 2.75) is 30.4 Å². The van der Waals surface area contributed by atoms with Crippen molar-refractivity contribution >= 4 is 79.6 Å². The summed E-state index contributed by atoms with van der Waals surface area (Å²) in [5.74, 6) is -1.56. The van der Waals surface area contributed by atoms with E-state index in [0.29, 0.717) is 28.7 Å². The summed E-state index contributed by atoms with van der Waals surface area (Å²) in [7, 11) is 0. The lowest BCUT2D eigenvalue weighted by atomic mass is 10.1. The Labute approximate surface area is 271 Å². The first kappa shape index (κ1) is 32.6. The molecule has 0 fully saturated rings. The maximum Gasteiger partial charge on any atom is 0.311 e. The molecule has 1 atom stereocenters. The van der Waals surface area contributed by atoms with Crippen LogP contribution in [0.1, 0.15) is 35.5 Å². The van der Waals surface area contributed by atoms with Crippen LogP contribution in [-0.4, -0.2) is 40.5 Å². The van der Waals surface area contributed by atoms with E-state index in [2.05, 4.69) is 36.9 Å². The number of esters is 1. The minimum Gasteiger partial charge on any atom is -0.466 e. The Morgan fingerprint density at radius 3 is 2.52 bits per heavy atom. The molecule has 1 unspecified atom stereocenters. The number of nitrogens with one attached hydrogen (secondary N) is 3. The Morgan fingerprint density at radius 2 is 1.77 bits per heavy atom. The molecule has 9 nitrogen and oxygen atoms in total. The lowest BCUT2D eigenvalue weighted by Crippen LogP contribution is -2.30. The van der Waals surface area contributed by atoms with Gasteiger partial charge >= 0.3 is 5.97 Å². The molecule has 3 N–H and O–H groups in total. The predicted octanol–water partition coefficient (Wildman–Crippen LogP) is 6.54. The number of halogens is 1. The average Bonchev–Trinajstić information content (AvgIpc) is 3.43. The Morgan fingerprint density at radius 1 is 1.00 bits per heavy atom. The second kappa shape index (κ2) is 16.0. The highest BCUT2D eigenvalue weighted by Crippen LogP contribution is 2.27. The van der Waals surface area contributed by atoms with Crippen molar-refractivity contribution in [2.24, 2.45) is 0 Å². The van der Waals surface area contributed by atoms with Gasteiger partial charge in [0.2, 0.25) is 5.91 Å². The Balaban J connectivity index is 1.42. The number of thioether (sulfide) groups is 1. The minimum absolute atomic E-state index is 0.0404. The molecule has 0 bridgehead atoms. The number of benzene rings is 3. The SMILES string of the molecule is CCOC(=O)Cc1csc(NC(=O)C(C)Sc2cccc(NC(=O)/C(=C\c3cccc(Br)c3)NC(=O)c3ccccc3)c2)n1. The van der Waals surface area contributed by atoms with Crippen LogP contribution < -0.4 is 16.0 Å². The molecule has 12 heteroatoms. The average molecular weight is 694 g/mol. The van der Waals surface area contributed by atoms with Crippen LogP contribution >= 0.6 is 39.0 Å². The highest BCUT2D eigenvalue weighted by atomic mass is 79.9. The van der Waals surface area contributed by atoms with Gasteiger partial charge in [-0.2, -0.15) is 0 Å². The first-order valence-electron chi connectivity index (χ1n) is 13.5. The quantitative estimate of drug-likeness (QED) is 0.0874. The number of carbonyl (C=O) groups excluding carboxylic acids is 4. The predicted molar refractivity (Wildman–Crippen MR) is 177 cm³/mol. The van der Waals surface area contributed by atoms with Crippen molar-refractivity contribution < 1.29 is 23.9 Å². The van der Waals surface area contributed by atoms with Crippen LogP contribution in [0.3, 0.4) is 0 Å². The summed E-state index contributed by atoms with van der Waals surface area (Å²) in [6.45, 7) is 3.79. The molecule has 0 spiro atoms. The minimum atomic E-state index is -0.510. The molecule has 0 aliphatic heterocycles. The summed E-state index contributed by atoms with van der Waals surface area (Å²) in [4.78, 5) is 55.9. The zero-order valence-electron chi connectivity index (χ0n) is 23.8. The van der Waals surface area contributed by atoms with E-state index in [-0.39, 0.29) is 24.0 Å². The second-order valence-corrected chi connectivity index (χ2v) is 12.5. The fourth-order valence-corrected chi connectivity index (χ4v) is 5.88. The molecule has 4 aromatic rings. The topological polar surface area (TPSA) is 126 Å². The third-order valence-electron chi connectivity index (χ3n) is 5.88. The molecule has 0 saturated carbocycles. The molecular formula is C32H29BrN4O5S2. The van der Waals surface area contributed by atoms with E-state index >= 15 is 0 Å². The summed E-state index contributed by atoms with van der Waals surface area (Å²) in [6, 6.07) is 23.1. The molecule has 3 amide bonds. The number of carbonyl (C=O) groups is 4. The summed E-state index contributed by atoms with van der Waals surface area (Å²) in [5.41, 5.74) is 2.22. The van der Waals surface area contributed by atoms with Gasteiger partial charge in [-0.25, -0.2) is 4.98 Å². The number of aromatic nitrogens is 1. The lowest BCUT2D eigenvalue weighted by Gasteiger charge is -2.14. The van der Waals surface area contributed by atoms with Gasteiger partial charge in [-0.3, -0.25) is 19.2 Å². The van der Waals surface area contributed by atoms with Crippen molar-refractivity contribution in [1.82, 2.24) is 10.3 Å². The first-order chi connectivity index (χ1) is 21.2. The van der Waals surface area contributed by atoms with Gasteiger partial charge in [0.25, 0.3) is 11.8 Å². The summed E-state index contributed by atoms with van der Waals surface area (Å²) >= 11 is 5.97. The van der Waals surface area contributed by atoms with E-state index in [4.69, 9.17) is 4.74 Å². The molecule has 226 valence electrons. The van der Waals surface area contributed by atoms with Gasteiger partial charge in [-0.05, 0) is 68.0 Å². The smallest absolute Gasteiger partial charge is 0.311 e.